The molecule has 3 nitrogen and oxygen atoms in total. The Morgan fingerprint density at radius 2 is 2.00 bits per heavy atom. The summed E-state index contributed by atoms with van der Waals surface area (Å²) in [4.78, 5) is 6.55. The van der Waals surface area contributed by atoms with Gasteiger partial charge in [0, 0.05) is 30.3 Å². The molecule has 1 aliphatic rings. The summed E-state index contributed by atoms with van der Waals surface area (Å²) in [5.41, 5.74) is 10.6. The Morgan fingerprint density at radius 1 is 1.21 bits per heavy atom. The van der Waals surface area contributed by atoms with Crippen LogP contribution in [0.15, 0.2) is 42.7 Å². The fourth-order valence-corrected chi connectivity index (χ4v) is 2.81. The standard InChI is InChI=1S/C16H19N3/c1-12-4-5-14(11-15(12)17)19-10-2-3-16(19)13-6-8-18-9-7-13/h4-9,11,16H,2-3,10,17H2,1H3. The number of hydrogen-bond donors (Lipinski definition) is 1. The van der Waals surface area contributed by atoms with Crippen LogP contribution in [0.25, 0.3) is 0 Å². The molecule has 2 N–H and O–H groups in total. The Balaban J connectivity index is 1.93. The largest absolute Gasteiger partial charge is 0.398 e. The lowest BCUT2D eigenvalue weighted by Crippen LogP contribution is -2.22. The number of benzene rings is 1. The lowest BCUT2D eigenvalue weighted by Gasteiger charge is -2.27. The van der Waals surface area contributed by atoms with Gasteiger partial charge in [0.1, 0.15) is 0 Å². The maximum absolute atomic E-state index is 6.04. The molecule has 3 rings (SSSR count). The zero-order chi connectivity index (χ0) is 13.2. The molecule has 0 aliphatic carbocycles. The van der Waals surface area contributed by atoms with Crippen molar-refractivity contribution in [2.24, 2.45) is 0 Å². The molecule has 98 valence electrons. The molecule has 1 atom stereocenters. The highest BCUT2D eigenvalue weighted by Gasteiger charge is 2.26. The van der Waals surface area contributed by atoms with E-state index in [1.165, 1.54) is 24.1 Å². The number of nitrogen functional groups attached to an aromatic ring is 1. The third-order valence-corrected chi connectivity index (χ3v) is 3.94. The Bertz CT molecular complexity index is 565. The van der Waals surface area contributed by atoms with Crippen LogP contribution in [-0.4, -0.2) is 11.5 Å². The van der Waals surface area contributed by atoms with Crippen LogP contribution in [0.3, 0.4) is 0 Å². The molecule has 0 saturated carbocycles. The topological polar surface area (TPSA) is 42.2 Å². The maximum Gasteiger partial charge on any atom is 0.0544 e. The number of nitrogens with zero attached hydrogens (tertiary/aromatic N) is 2. The highest BCUT2D eigenvalue weighted by atomic mass is 15.2. The molecule has 19 heavy (non-hydrogen) atoms. The van der Waals surface area contributed by atoms with Crippen LogP contribution >= 0.6 is 0 Å². The van der Waals surface area contributed by atoms with Gasteiger partial charge in [0.05, 0.1) is 6.04 Å². The van der Waals surface area contributed by atoms with Gasteiger partial charge in [-0.1, -0.05) is 6.07 Å². The van der Waals surface area contributed by atoms with Gasteiger partial charge in [0.25, 0.3) is 0 Å². The van der Waals surface area contributed by atoms with Gasteiger partial charge in [-0.2, -0.15) is 0 Å². The van der Waals surface area contributed by atoms with Gasteiger partial charge in [-0.3, -0.25) is 4.98 Å². The molecule has 2 aromatic rings. The Hall–Kier alpha value is -2.03. The molecule has 1 fully saturated rings. The van der Waals surface area contributed by atoms with Crippen molar-refractivity contribution >= 4 is 11.4 Å². The minimum Gasteiger partial charge on any atom is -0.398 e. The van der Waals surface area contributed by atoms with Crippen molar-refractivity contribution in [1.82, 2.24) is 4.98 Å². The lowest BCUT2D eigenvalue weighted by molar-refractivity contribution is 0.718. The van der Waals surface area contributed by atoms with Crippen LogP contribution in [0, 0.1) is 6.92 Å². The first-order chi connectivity index (χ1) is 9.25. The highest BCUT2D eigenvalue weighted by Crippen LogP contribution is 2.36. The first-order valence-corrected chi connectivity index (χ1v) is 6.78. The van der Waals surface area contributed by atoms with Crippen LogP contribution < -0.4 is 10.6 Å². The van der Waals surface area contributed by atoms with E-state index in [1.807, 2.05) is 19.3 Å². The zero-order valence-corrected chi connectivity index (χ0v) is 11.2. The number of rotatable bonds is 2. The summed E-state index contributed by atoms with van der Waals surface area (Å²) in [6.45, 7) is 3.14. The monoisotopic (exact) mass is 253 g/mol. The third-order valence-electron chi connectivity index (χ3n) is 3.94. The molecule has 0 amide bonds. The Kier molecular flexibility index (Phi) is 3.11. The third kappa shape index (κ3) is 2.28. The van der Waals surface area contributed by atoms with Crippen molar-refractivity contribution in [2.45, 2.75) is 25.8 Å². The number of pyridine rings is 1. The fourth-order valence-electron chi connectivity index (χ4n) is 2.81. The van der Waals surface area contributed by atoms with Gasteiger partial charge < -0.3 is 10.6 Å². The second-order valence-electron chi connectivity index (χ2n) is 5.17. The van der Waals surface area contributed by atoms with E-state index in [0.717, 1.165) is 17.8 Å². The molecule has 0 radical (unpaired) electrons. The van der Waals surface area contributed by atoms with E-state index in [-0.39, 0.29) is 0 Å². The summed E-state index contributed by atoms with van der Waals surface area (Å²) in [6, 6.07) is 11.0. The summed E-state index contributed by atoms with van der Waals surface area (Å²) in [5.74, 6) is 0. The maximum atomic E-state index is 6.04. The second kappa shape index (κ2) is 4.92. The quantitative estimate of drug-likeness (QED) is 0.835. The van der Waals surface area contributed by atoms with Gasteiger partial charge in [0.15, 0.2) is 0 Å². The summed E-state index contributed by atoms with van der Waals surface area (Å²) in [5, 5.41) is 0. The van der Waals surface area contributed by atoms with Crippen molar-refractivity contribution in [3.8, 4) is 0 Å². The number of anilines is 2. The number of hydrogen-bond acceptors (Lipinski definition) is 3. The summed E-state index contributed by atoms with van der Waals surface area (Å²) in [7, 11) is 0. The van der Waals surface area contributed by atoms with Crippen LogP contribution in [0.4, 0.5) is 11.4 Å². The predicted molar refractivity (Wildman–Crippen MR) is 79.1 cm³/mol. The van der Waals surface area contributed by atoms with Crippen LogP contribution in [-0.2, 0) is 0 Å². The molecule has 1 aromatic carbocycles. The van der Waals surface area contributed by atoms with Gasteiger partial charge in [-0.25, -0.2) is 0 Å². The van der Waals surface area contributed by atoms with Crippen molar-refractivity contribution < 1.29 is 0 Å². The number of aryl methyl sites for hydroxylation is 1. The molecule has 1 saturated heterocycles. The van der Waals surface area contributed by atoms with Crippen LogP contribution in [0.1, 0.15) is 30.0 Å². The molecule has 2 heterocycles. The number of aromatic nitrogens is 1. The van der Waals surface area contributed by atoms with Crippen molar-refractivity contribution in [1.29, 1.82) is 0 Å². The molecular formula is C16H19N3. The number of nitrogens with two attached hydrogens (primary N) is 1. The first kappa shape index (κ1) is 12.0. The van der Waals surface area contributed by atoms with E-state index in [9.17, 15) is 0 Å². The van der Waals surface area contributed by atoms with E-state index < -0.39 is 0 Å². The molecule has 0 bridgehead atoms. The summed E-state index contributed by atoms with van der Waals surface area (Å²) >= 11 is 0. The van der Waals surface area contributed by atoms with Crippen molar-refractivity contribution in [3.05, 3.63) is 53.9 Å². The Morgan fingerprint density at radius 3 is 2.74 bits per heavy atom. The molecular weight excluding hydrogens is 234 g/mol. The van der Waals surface area contributed by atoms with Gasteiger partial charge in [-0.05, 0) is 55.2 Å². The van der Waals surface area contributed by atoms with Crippen LogP contribution in [0.2, 0.25) is 0 Å². The highest BCUT2D eigenvalue weighted by molar-refractivity contribution is 5.61. The first-order valence-electron chi connectivity index (χ1n) is 6.78. The van der Waals surface area contributed by atoms with E-state index in [2.05, 4.69) is 40.2 Å². The fraction of sp³-hybridized carbons (Fsp3) is 0.312. The van der Waals surface area contributed by atoms with Crippen LogP contribution in [0.5, 0.6) is 0 Å². The van der Waals surface area contributed by atoms with Gasteiger partial charge >= 0.3 is 0 Å². The molecule has 0 spiro atoms. The minimum atomic E-state index is 0.449. The predicted octanol–water partition coefficient (Wildman–Crippen LogP) is 3.31. The van der Waals surface area contributed by atoms with E-state index in [0.29, 0.717) is 6.04 Å². The van der Waals surface area contributed by atoms with E-state index >= 15 is 0 Å². The second-order valence-corrected chi connectivity index (χ2v) is 5.17. The molecule has 1 unspecified atom stereocenters. The summed E-state index contributed by atoms with van der Waals surface area (Å²) in [6.07, 6.45) is 6.16. The van der Waals surface area contributed by atoms with E-state index in [4.69, 9.17) is 5.73 Å². The summed E-state index contributed by atoms with van der Waals surface area (Å²) < 4.78 is 0. The average Bonchev–Trinajstić information content (AvgIpc) is 2.92. The normalized spacial score (nSPS) is 18.8. The lowest BCUT2D eigenvalue weighted by atomic mass is 10.1. The molecule has 1 aliphatic heterocycles. The van der Waals surface area contributed by atoms with Crippen molar-refractivity contribution in [2.75, 3.05) is 17.2 Å². The smallest absolute Gasteiger partial charge is 0.0544 e. The zero-order valence-electron chi connectivity index (χ0n) is 11.2. The average molecular weight is 253 g/mol. The minimum absolute atomic E-state index is 0.449. The van der Waals surface area contributed by atoms with Gasteiger partial charge in [0.2, 0.25) is 0 Å². The van der Waals surface area contributed by atoms with E-state index in [1.54, 1.807) is 0 Å². The SMILES string of the molecule is Cc1ccc(N2CCCC2c2ccncc2)cc1N. The van der Waals surface area contributed by atoms with Gasteiger partial charge in [-0.15, -0.1) is 0 Å². The molecule has 3 heteroatoms. The molecule has 1 aromatic heterocycles. The Labute approximate surface area is 114 Å². The van der Waals surface area contributed by atoms with Crippen molar-refractivity contribution in [3.63, 3.8) is 0 Å².